The van der Waals surface area contributed by atoms with E-state index in [9.17, 15) is 9.90 Å². The molecule has 2 aromatic rings. The second kappa shape index (κ2) is 13.0. The zero-order valence-corrected chi connectivity index (χ0v) is 26.0. The maximum Gasteiger partial charge on any atom is 0.319 e. The molecule has 6 fully saturated rings. The van der Waals surface area contributed by atoms with E-state index in [1.54, 1.807) is 0 Å². The second-order valence-electron chi connectivity index (χ2n) is 14.4. The Kier molecular flexibility index (Phi) is 8.82. The van der Waals surface area contributed by atoms with E-state index < -0.39 is 6.29 Å². The average Bonchev–Trinajstić information content (AvgIpc) is 3.55. The van der Waals surface area contributed by atoms with Crippen LogP contribution in [0.3, 0.4) is 0 Å². The first-order valence-electron chi connectivity index (χ1n) is 17.0. The van der Waals surface area contributed by atoms with Crippen LogP contribution in [0.25, 0.3) is 0 Å². The molecular formula is C37H49N3O4. The standard InChI is InChI=1S/C37H49N3O4/c1-2-15-40(32-5-3-4-6-32)23-33-19-34(29-9-7-25(24-41)8-10-29)44-35(43-33)30-11-13-31(14-12-30)38-36(42)39-37-20-26-16-27(21-37)18-28(17-26)22-37/h2,7-14,26-28,32-35,41H,1,3-6,15-24H2,(H2,38,39,42)/t26?,27?,28?,33-,34+,35+,37?/m1/s1. The summed E-state index contributed by atoms with van der Waals surface area (Å²) in [5.74, 6) is 2.37. The fourth-order valence-corrected chi connectivity index (χ4v) is 9.49. The summed E-state index contributed by atoms with van der Waals surface area (Å²) >= 11 is 0. The van der Waals surface area contributed by atoms with Gasteiger partial charge in [-0.1, -0.05) is 55.3 Å². The lowest BCUT2D eigenvalue weighted by Gasteiger charge is -2.56. The van der Waals surface area contributed by atoms with Gasteiger partial charge in [0.15, 0.2) is 6.29 Å². The number of hydrogen-bond acceptors (Lipinski definition) is 5. The lowest BCUT2D eigenvalue weighted by Crippen LogP contribution is -2.60. The molecule has 236 valence electrons. The molecule has 2 aromatic carbocycles. The van der Waals surface area contributed by atoms with Gasteiger partial charge in [0.05, 0.1) is 18.8 Å². The Morgan fingerprint density at radius 2 is 1.55 bits per heavy atom. The first-order valence-corrected chi connectivity index (χ1v) is 17.0. The van der Waals surface area contributed by atoms with Crippen molar-refractivity contribution in [1.29, 1.82) is 0 Å². The van der Waals surface area contributed by atoms with Crippen molar-refractivity contribution in [2.75, 3.05) is 18.4 Å². The number of benzene rings is 2. The second-order valence-corrected chi connectivity index (χ2v) is 14.4. The molecule has 1 aliphatic heterocycles. The van der Waals surface area contributed by atoms with Crippen LogP contribution in [0.2, 0.25) is 0 Å². The van der Waals surface area contributed by atoms with Crippen LogP contribution in [0.4, 0.5) is 10.5 Å². The molecule has 8 rings (SSSR count). The van der Waals surface area contributed by atoms with Gasteiger partial charge < -0.3 is 25.2 Å². The third kappa shape index (κ3) is 6.62. The molecule has 3 N–H and O–H groups in total. The number of nitrogens with zero attached hydrogens (tertiary/aromatic N) is 1. The largest absolute Gasteiger partial charge is 0.392 e. The molecule has 0 spiro atoms. The normalized spacial score (nSPS) is 33.0. The van der Waals surface area contributed by atoms with Crippen LogP contribution in [-0.2, 0) is 16.1 Å². The third-order valence-electron chi connectivity index (χ3n) is 11.1. The Morgan fingerprint density at radius 3 is 2.16 bits per heavy atom. The van der Waals surface area contributed by atoms with E-state index in [1.165, 1.54) is 44.9 Å². The van der Waals surface area contributed by atoms with Gasteiger partial charge in [-0.3, -0.25) is 4.90 Å². The van der Waals surface area contributed by atoms with Crippen molar-refractivity contribution in [3.8, 4) is 0 Å². The van der Waals surface area contributed by atoms with Gasteiger partial charge in [0.2, 0.25) is 0 Å². The summed E-state index contributed by atoms with van der Waals surface area (Å²) in [6.45, 7) is 5.75. The van der Waals surface area contributed by atoms with Crippen molar-refractivity contribution >= 4 is 11.7 Å². The Hall–Kier alpha value is -2.71. The molecule has 1 saturated heterocycles. The number of carbonyl (C=O) groups excluding carboxylic acids is 1. The molecule has 2 amide bonds. The van der Waals surface area contributed by atoms with Gasteiger partial charge in [0.1, 0.15) is 0 Å². The summed E-state index contributed by atoms with van der Waals surface area (Å²) in [4.78, 5) is 15.7. The Morgan fingerprint density at radius 1 is 0.909 bits per heavy atom. The topological polar surface area (TPSA) is 83.1 Å². The number of rotatable bonds is 10. The van der Waals surface area contributed by atoms with E-state index in [0.29, 0.717) is 6.04 Å². The predicted octanol–water partition coefficient (Wildman–Crippen LogP) is 7.25. The van der Waals surface area contributed by atoms with E-state index in [1.807, 2.05) is 42.5 Å². The lowest BCUT2D eigenvalue weighted by atomic mass is 9.53. The van der Waals surface area contributed by atoms with Crippen LogP contribution in [0.5, 0.6) is 0 Å². The van der Waals surface area contributed by atoms with E-state index in [4.69, 9.17) is 9.47 Å². The number of ether oxygens (including phenoxy) is 2. The summed E-state index contributed by atoms with van der Waals surface area (Å²) < 4.78 is 13.2. The summed E-state index contributed by atoms with van der Waals surface area (Å²) in [6.07, 6.45) is 14.7. The van der Waals surface area contributed by atoms with E-state index >= 15 is 0 Å². The van der Waals surface area contributed by atoms with Crippen LogP contribution >= 0.6 is 0 Å². The molecule has 1 heterocycles. The number of hydrogen-bond donors (Lipinski definition) is 3. The van der Waals surface area contributed by atoms with Crippen LogP contribution in [-0.4, -0.2) is 46.8 Å². The number of anilines is 1. The van der Waals surface area contributed by atoms with Crippen molar-refractivity contribution in [2.45, 2.75) is 107 Å². The van der Waals surface area contributed by atoms with E-state index in [-0.39, 0.29) is 30.4 Å². The summed E-state index contributed by atoms with van der Waals surface area (Å²) in [5, 5.41) is 16.1. The molecule has 6 aliphatic rings. The molecule has 5 aliphatic carbocycles. The SMILES string of the molecule is C=CCN(C[C@H]1C[C@@H](c2ccc(CO)cc2)O[C@@H](c2ccc(NC(=O)NC34CC5CC(CC(C5)C3)C4)cc2)O1)C1CCCC1. The number of aliphatic hydroxyl groups is 1. The van der Waals surface area contributed by atoms with Gasteiger partial charge in [-0.15, -0.1) is 6.58 Å². The summed E-state index contributed by atoms with van der Waals surface area (Å²) in [6, 6.07) is 16.5. The molecule has 0 radical (unpaired) electrons. The number of aliphatic hydroxyl groups excluding tert-OH is 1. The molecule has 4 bridgehead atoms. The van der Waals surface area contributed by atoms with Gasteiger partial charge in [0.25, 0.3) is 0 Å². The maximum atomic E-state index is 13.1. The average molecular weight is 600 g/mol. The number of nitrogens with one attached hydrogen (secondary N) is 2. The molecule has 7 heteroatoms. The molecule has 3 atom stereocenters. The minimum Gasteiger partial charge on any atom is -0.392 e. The van der Waals surface area contributed by atoms with Crippen LogP contribution in [0.15, 0.2) is 61.2 Å². The Balaban J connectivity index is 1.03. The molecule has 0 unspecified atom stereocenters. The van der Waals surface area contributed by atoms with Crippen LogP contribution < -0.4 is 10.6 Å². The fourth-order valence-electron chi connectivity index (χ4n) is 9.49. The van der Waals surface area contributed by atoms with Gasteiger partial charge >= 0.3 is 6.03 Å². The highest BCUT2D eigenvalue weighted by Crippen LogP contribution is 2.55. The van der Waals surface area contributed by atoms with Crippen LogP contribution in [0.1, 0.15) is 99.7 Å². The maximum absolute atomic E-state index is 13.1. The number of urea groups is 1. The molecule has 0 aromatic heterocycles. The summed E-state index contributed by atoms with van der Waals surface area (Å²) in [5.41, 5.74) is 3.69. The van der Waals surface area contributed by atoms with E-state index in [2.05, 4.69) is 34.2 Å². The first-order chi connectivity index (χ1) is 21.5. The molecule has 7 nitrogen and oxygen atoms in total. The van der Waals surface area contributed by atoms with Gasteiger partial charge in [-0.2, -0.15) is 0 Å². The highest BCUT2D eigenvalue weighted by molar-refractivity contribution is 5.89. The first kappa shape index (κ1) is 30.0. The third-order valence-corrected chi connectivity index (χ3v) is 11.1. The Bertz CT molecular complexity index is 1250. The molecule has 44 heavy (non-hydrogen) atoms. The van der Waals surface area contributed by atoms with Crippen molar-refractivity contribution in [1.82, 2.24) is 10.2 Å². The zero-order chi connectivity index (χ0) is 30.1. The van der Waals surface area contributed by atoms with E-state index in [0.717, 1.165) is 78.9 Å². The molecule has 5 saturated carbocycles. The van der Waals surface area contributed by atoms with Crippen molar-refractivity contribution in [3.63, 3.8) is 0 Å². The van der Waals surface area contributed by atoms with Gasteiger partial charge in [0, 0.05) is 42.3 Å². The minimum absolute atomic E-state index is 0.000628. The lowest BCUT2D eigenvalue weighted by molar-refractivity contribution is -0.253. The minimum atomic E-state index is -0.514. The monoisotopic (exact) mass is 599 g/mol. The predicted molar refractivity (Wildman–Crippen MR) is 172 cm³/mol. The smallest absolute Gasteiger partial charge is 0.319 e. The number of carbonyl (C=O) groups is 1. The fraction of sp³-hybridized carbons (Fsp3) is 0.595. The van der Waals surface area contributed by atoms with Gasteiger partial charge in [-0.05, 0) is 92.4 Å². The van der Waals surface area contributed by atoms with Crippen molar-refractivity contribution < 1.29 is 19.4 Å². The van der Waals surface area contributed by atoms with Crippen LogP contribution in [0, 0.1) is 17.8 Å². The quantitative estimate of drug-likeness (QED) is 0.251. The zero-order valence-electron chi connectivity index (χ0n) is 26.0. The van der Waals surface area contributed by atoms with Crippen molar-refractivity contribution in [3.05, 3.63) is 77.9 Å². The van der Waals surface area contributed by atoms with Crippen molar-refractivity contribution in [2.24, 2.45) is 17.8 Å². The Labute approximate surface area is 262 Å². The van der Waals surface area contributed by atoms with Gasteiger partial charge in [-0.25, -0.2) is 4.79 Å². The molecular weight excluding hydrogens is 550 g/mol. The highest BCUT2D eigenvalue weighted by atomic mass is 16.7. The summed E-state index contributed by atoms with van der Waals surface area (Å²) in [7, 11) is 0. The number of amides is 2. The highest BCUT2D eigenvalue weighted by Gasteiger charge is 2.51.